The molecule has 0 aromatic heterocycles. The molecule has 1 N–H and O–H groups in total. The maximum absolute atomic E-state index is 14.3. The molecule has 2 aromatic rings. The molecule has 4 aliphatic rings. The van der Waals surface area contributed by atoms with Gasteiger partial charge in [-0.2, -0.15) is 0 Å². The van der Waals surface area contributed by atoms with Gasteiger partial charge in [-0.05, 0) is 50.1 Å². The van der Waals surface area contributed by atoms with Crippen molar-refractivity contribution in [1.82, 2.24) is 4.90 Å². The fourth-order valence-corrected chi connectivity index (χ4v) is 6.36. The number of non-ortho nitro benzene ring substituents is 1. The molecule has 4 atom stereocenters. The van der Waals surface area contributed by atoms with E-state index in [1.807, 2.05) is 4.90 Å². The predicted octanol–water partition coefficient (Wildman–Crippen LogP) is 2.47. The zero-order chi connectivity index (χ0) is 23.2. The summed E-state index contributed by atoms with van der Waals surface area (Å²) in [5, 5.41) is 14.1. The van der Waals surface area contributed by atoms with Gasteiger partial charge in [-0.1, -0.05) is 6.07 Å². The Hall–Kier alpha value is -3.66. The molecule has 9 nitrogen and oxygen atoms in total. The Morgan fingerprint density at radius 1 is 1.15 bits per heavy atom. The summed E-state index contributed by atoms with van der Waals surface area (Å²) in [7, 11) is 0. The van der Waals surface area contributed by atoms with Gasteiger partial charge >= 0.3 is 0 Å². The minimum absolute atomic E-state index is 0.145. The Labute approximate surface area is 187 Å². The summed E-state index contributed by atoms with van der Waals surface area (Å²) in [6.07, 6.45) is 1.37. The van der Waals surface area contributed by atoms with Gasteiger partial charge in [0.2, 0.25) is 17.7 Å². The summed E-state index contributed by atoms with van der Waals surface area (Å²) in [5.74, 6) is -3.88. The highest BCUT2D eigenvalue weighted by molar-refractivity contribution is 6.26. The third-order valence-electron chi connectivity index (χ3n) is 7.60. The molecule has 3 fully saturated rings. The van der Waals surface area contributed by atoms with Crippen LogP contribution in [-0.2, 0) is 19.9 Å². The lowest BCUT2D eigenvalue weighted by Crippen LogP contribution is -2.54. The number of nitro groups is 1. The highest BCUT2D eigenvalue weighted by Gasteiger charge is 2.74. The number of carbonyl (C=O) groups excluding carboxylic acids is 3. The monoisotopic (exact) mass is 450 g/mol. The summed E-state index contributed by atoms with van der Waals surface area (Å²) in [4.78, 5) is 54.8. The summed E-state index contributed by atoms with van der Waals surface area (Å²) in [5.41, 5.74) is -0.257. The van der Waals surface area contributed by atoms with E-state index in [0.717, 1.165) is 11.3 Å². The number of nitrogens with zero attached hydrogens (tertiary/aromatic N) is 3. The summed E-state index contributed by atoms with van der Waals surface area (Å²) < 4.78 is 14.3. The van der Waals surface area contributed by atoms with Crippen LogP contribution >= 0.6 is 0 Å². The van der Waals surface area contributed by atoms with Gasteiger partial charge in [-0.15, -0.1) is 0 Å². The molecule has 4 heterocycles. The normalized spacial score (nSPS) is 30.1. The highest BCUT2D eigenvalue weighted by Crippen LogP contribution is 2.60. The lowest BCUT2D eigenvalue weighted by molar-refractivity contribution is -0.384. The zero-order valence-electron chi connectivity index (χ0n) is 17.6. The van der Waals surface area contributed by atoms with Crippen molar-refractivity contribution in [3.63, 3.8) is 0 Å². The van der Waals surface area contributed by atoms with E-state index in [2.05, 4.69) is 5.32 Å². The average molecular weight is 450 g/mol. The predicted molar refractivity (Wildman–Crippen MR) is 114 cm³/mol. The summed E-state index contributed by atoms with van der Waals surface area (Å²) in [6, 6.07) is 7.65. The molecule has 4 aliphatic heterocycles. The largest absolute Gasteiger partial charge is 0.324 e. The molecule has 3 saturated heterocycles. The van der Waals surface area contributed by atoms with Crippen LogP contribution in [0.5, 0.6) is 0 Å². The molecule has 33 heavy (non-hydrogen) atoms. The van der Waals surface area contributed by atoms with E-state index in [4.69, 9.17) is 0 Å². The zero-order valence-corrected chi connectivity index (χ0v) is 17.6. The molecule has 0 unspecified atom stereocenters. The Balaban J connectivity index is 1.56. The number of anilines is 2. The number of halogens is 1. The standard InChI is InChI=1S/C23H19FN4O5/c1-11-4-6-13(28(32)33)10-17(11)27-20(29)18-16-3-2-8-26(16)23(19(18)21(27)30)14-9-12(24)5-7-15(14)25-22(23)31/h4-7,9-10,16,18-19H,2-3,8H2,1H3,(H,25,31)/t16-,18-,19-,23+/m0/s1. The number of carbonyl (C=O) groups is 3. The lowest BCUT2D eigenvalue weighted by Gasteiger charge is -2.36. The van der Waals surface area contributed by atoms with Crippen LogP contribution in [0.1, 0.15) is 24.0 Å². The Morgan fingerprint density at radius 2 is 1.94 bits per heavy atom. The van der Waals surface area contributed by atoms with Crippen LogP contribution in [0.25, 0.3) is 0 Å². The van der Waals surface area contributed by atoms with Crippen LogP contribution in [0.15, 0.2) is 36.4 Å². The van der Waals surface area contributed by atoms with Gasteiger partial charge in [-0.25, -0.2) is 9.29 Å². The average Bonchev–Trinajstić information content (AvgIpc) is 3.47. The van der Waals surface area contributed by atoms with Crippen molar-refractivity contribution >= 4 is 34.8 Å². The number of aryl methyl sites for hydroxylation is 1. The number of hydrogen-bond donors (Lipinski definition) is 1. The van der Waals surface area contributed by atoms with Gasteiger partial charge in [0.25, 0.3) is 5.69 Å². The number of fused-ring (bicyclic) bond motifs is 7. The van der Waals surface area contributed by atoms with Gasteiger partial charge < -0.3 is 5.32 Å². The molecular formula is C23H19FN4O5. The van der Waals surface area contributed by atoms with Gasteiger partial charge in [0.1, 0.15) is 11.4 Å². The molecule has 6 rings (SSSR count). The van der Waals surface area contributed by atoms with Crippen LogP contribution in [0.2, 0.25) is 0 Å². The number of nitrogens with one attached hydrogen (secondary N) is 1. The molecule has 10 heteroatoms. The SMILES string of the molecule is Cc1ccc([N+](=O)[O-])cc1N1C(=O)[C@@H]2[C@@H](C1=O)[C@]1(C(=O)Nc3ccc(F)cc31)N1CCC[C@@H]21. The van der Waals surface area contributed by atoms with Crippen LogP contribution < -0.4 is 10.2 Å². The number of amides is 3. The van der Waals surface area contributed by atoms with Crippen LogP contribution in [0.4, 0.5) is 21.5 Å². The molecule has 0 aliphatic carbocycles. The number of hydrogen-bond acceptors (Lipinski definition) is 6. The van der Waals surface area contributed by atoms with Gasteiger partial charge in [-0.3, -0.25) is 29.4 Å². The Bertz CT molecular complexity index is 1300. The minimum atomic E-state index is -1.49. The number of benzene rings is 2. The Kier molecular flexibility index (Phi) is 3.90. The first kappa shape index (κ1) is 20.0. The van der Waals surface area contributed by atoms with Crippen LogP contribution in [0.3, 0.4) is 0 Å². The van der Waals surface area contributed by atoms with Crippen molar-refractivity contribution in [2.75, 3.05) is 16.8 Å². The second kappa shape index (κ2) is 6.44. The first-order valence-electron chi connectivity index (χ1n) is 10.8. The second-order valence-electron chi connectivity index (χ2n) is 9.06. The molecule has 0 bridgehead atoms. The third kappa shape index (κ3) is 2.31. The molecular weight excluding hydrogens is 431 g/mol. The van der Waals surface area contributed by atoms with Crippen molar-refractivity contribution in [3.05, 3.63) is 63.5 Å². The Morgan fingerprint density at radius 3 is 2.70 bits per heavy atom. The highest BCUT2D eigenvalue weighted by atomic mass is 19.1. The van der Waals surface area contributed by atoms with Crippen LogP contribution in [0, 0.1) is 34.7 Å². The van der Waals surface area contributed by atoms with Crippen molar-refractivity contribution < 1.29 is 23.7 Å². The second-order valence-corrected chi connectivity index (χ2v) is 9.06. The molecule has 1 spiro atoms. The quantitative estimate of drug-likeness (QED) is 0.427. The summed E-state index contributed by atoms with van der Waals surface area (Å²) in [6.45, 7) is 2.18. The minimum Gasteiger partial charge on any atom is -0.324 e. The van der Waals surface area contributed by atoms with Crippen molar-refractivity contribution in [3.8, 4) is 0 Å². The number of rotatable bonds is 2. The van der Waals surface area contributed by atoms with E-state index in [1.54, 1.807) is 6.92 Å². The van der Waals surface area contributed by atoms with E-state index in [-0.39, 0.29) is 17.4 Å². The van der Waals surface area contributed by atoms with E-state index in [0.29, 0.717) is 29.8 Å². The maximum Gasteiger partial charge on any atom is 0.271 e. The third-order valence-corrected chi connectivity index (χ3v) is 7.60. The van der Waals surface area contributed by atoms with Gasteiger partial charge in [0, 0.05) is 29.4 Å². The smallest absolute Gasteiger partial charge is 0.271 e. The fourth-order valence-electron chi connectivity index (χ4n) is 6.36. The molecule has 2 aromatic carbocycles. The molecule has 0 radical (unpaired) electrons. The number of nitro benzene ring substituents is 1. The summed E-state index contributed by atoms with van der Waals surface area (Å²) >= 11 is 0. The topological polar surface area (TPSA) is 113 Å². The first-order valence-corrected chi connectivity index (χ1v) is 10.8. The van der Waals surface area contributed by atoms with E-state index < -0.39 is 45.8 Å². The lowest BCUT2D eigenvalue weighted by atomic mass is 9.75. The first-order chi connectivity index (χ1) is 15.8. The van der Waals surface area contributed by atoms with Crippen LogP contribution in [-0.4, -0.2) is 40.1 Å². The molecule has 0 saturated carbocycles. The van der Waals surface area contributed by atoms with Gasteiger partial charge in [0.15, 0.2) is 0 Å². The number of imide groups is 1. The van der Waals surface area contributed by atoms with Crippen molar-refractivity contribution in [2.24, 2.45) is 11.8 Å². The van der Waals surface area contributed by atoms with Crippen molar-refractivity contribution in [2.45, 2.75) is 31.3 Å². The van der Waals surface area contributed by atoms with E-state index in [1.165, 1.54) is 36.4 Å². The van der Waals surface area contributed by atoms with Gasteiger partial charge in [0.05, 0.1) is 22.4 Å². The van der Waals surface area contributed by atoms with E-state index >= 15 is 0 Å². The van der Waals surface area contributed by atoms with E-state index in [9.17, 15) is 28.9 Å². The fraction of sp³-hybridized carbons (Fsp3) is 0.348. The van der Waals surface area contributed by atoms with Crippen molar-refractivity contribution in [1.29, 1.82) is 0 Å². The maximum atomic E-state index is 14.3. The molecule has 168 valence electrons. The molecule has 3 amide bonds.